The average molecular weight is 233 g/mol. The highest BCUT2D eigenvalue weighted by molar-refractivity contribution is 5.71. The molecule has 0 aliphatic carbocycles. The quantitative estimate of drug-likeness (QED) is 0.782. The number of nitrogens with one attached hydrogen (secondary N) is 1. The van der Waals surface area contributed by atoms with Gasteiger partial charge >= 0.3 is 5.97 Å². The highest BCUT2D eigenvalue weighted by Crippen LogP contribution is 2.08. The van der Waals surface area contributed by atoms with Crippen molar-refractivity contribution in [2.45, 2.75) is 13.5 Å². The minimum Gasteiger partial charge on any atom is -0.465 e. The van der Waals surface area contributed by atoms with E-state index in [9.17, 15) is 4.79 Å². The van der Waals surface area contributed by atoms with E-state index >= 15 is 0 Å². The van der Waals surface area contributed by atoms with Crippen LogP contribution in [0.5, 0.6) is 0 Å². The molecule has 0 fully saturated rings. The van der Waals surface area contributed by atoms with Crippen LogP contribution in [-0.2, 0) is 16.1 Å². The molecule has 2 heterocycles. The molecule has 0 radical (unpaired) electrons. The van der Waals surface area contributed by atoms with Crippen LogP contribution in [0.3, 0.4) is 0 Å². The number of carbonyl (C=O) groups is 1. The van der Waals surface area contributed by atoms with Crippen molar-refractivity contribution in [3.8, 4) is 0 Å². The van der Waals surface area contributed by atoms with Crippen LogP contribution in [0.15, 0.2) is 30.6 Å². The van der Waals surface area contributed by atoms with E-state index in [4.69, 9.17) is 4.74 Å². The summed E-state index contributed by atoms with van der Waals surface area (Å²) >= 11 is 0. The number of hydrogen-bond donors (Lipinski definition) is 1. The van der Waals surface area contributed by atoms with E-state index in [-0.39, 0.29) is 12.5 Å². The van der Waals surface area contributed by atoms with Gasteiger partial charge in [-0.25, -0.2) is 4.52 Å². The Balaban J connectivity index is 1.93. The lowest BCUT2D eigenvalue weighted by atomic mass is 10.2. The number of pyridine rings is 1. The van der Waals surface area contributed by atoms with Crippen LogP contribution in [0, 0.1) is 0 Å². The summed E-state index contributed by atoms with van der Waals surface area (Å²) in [5.41, 5.74) is 2.11. The molecule has 2 aromatic heterocycles. The van der Waals surface area contributed by atoms with Crippen LogP contribution >= 0.6 is 0 Å². The summed E-state index contributed by atoms with van der Waals surface area (Å²) < 4.78 is 6.63. The van der Waals surface area contributed by atoms with Gasteiger partial charge in [0.2, 0.25) is 0 Å². The normalized spacial score (nSPS) is 10.6. The van der Waals surface area contributed by atoms with Crippen molar-refractivity contribution in [2.24, 2.45) is 0 Å². The van der Waals surface area contributed by atoms with E-state index in [1.807, 2.05) is 24.4 Å². The Morgan fingerprint density at radius 3 is 3.24 bits per heavy atom. The molecule has 5 heteroatoms. The zero-order chi connectivity index (χ0) is 12.1. The predicted molar refractivity (Wildman–Crippen MR) is 63.5 cm³/mol. The molecule has 90 valence electrons. The second-order valence-corrected chi connectivity index (χ2v) is 3.61. The SMILES string of the molecule is CCOC(=O)CNCc1cnn2ccccc12. The standard InChI is InChI=1S/C12H15N3O2/c1-2-17-12(16)9-13-7-10-8-14-15-6-4-3-5-11(10)15/h3-6,8,13H,2,7,9H2,1H3. The number of fused-ring (bicyclic) bond motifs is 1. The smallest absolute Gasteiger partial charge is 0.319 e. The zero-order valence-corrected chi connectivity index (χ0v) is 9.72. The molecule has 0 bridgehead atoms. The van der Waals surface area contributed by atoms with Crippen LogP contribution in [0.25, 0.3) is 5.52 Å². The molecule has 0 aliphatic rings. The van der Waals surface area contributed by atoms with Gasteiger partial charge in [0, 0.05) is 18.3 Å². The summed E-state index contributed by atoms with van der Waals surface area (Å²) in [6.45, 7) is 3.03. The number of esters is 1. The van der Waals surface area contributed by atoms with Gasteiger partial charge in [0.15, 0.2) is 0 Å². The molecule has 0 spiro atoms. The molecule has 0 saturated heterocycles. The van der Waals surface area contributed by atoms with Gasteiger partial charge in [-0.05, 0) is 19.1 Å². The first-order valence-corrected chi connectivity index (χ1v) is 5.59. The number of nitrogens with zero attached hydrogens (tertiary/aromatic N) is 2. The lowest BCUT2D eigenvalue weighted by Gasteiger charge is -2.03. The Morgan fingerprint density at radius 2 is 2.41 bits per heavy atom. The van der Waals surface area contributed by atoms with Crippen LogP contribution in [-0.4, -0.2) is 28.7 Å². The van der Waals surface area contributed by atoms with Gasteiger partial charge in [0.05, 0.1) is 24.9 Å². The Kier molecular flexibility index (Phi) is 3.72. The molecule has 0 saturated carbocycles. The summed E-state index contributed by atoms with van der Waals surface area (Å²) in [6.07, 6.45) is 3.69. The van der Waals surface area contributed by atoms with Crippen LogP contribution in [0.1, 0.15) is 12.5 Å². The molecule has 17 heavy (non-hydrogen) atoms. The molecular formula is C12H15N3O2. The molecule has 1 N–H and O–H groups in total. The van der Waals surface area contributed by atoms with Crippen LogP contribution < -0.4 is 5.32 Å². The van der Waals surface area contributed by atoms with E-state index in [0.717, 1.165) is 11.1 Å². The van der Waals surface area contributed by atoms with Gasteiger partial charge in [0.25, 0.3) is 0 Å². The van der Waals surface area contributed by atoms with Gasteiger partial charge in [-0.15, -0.1) is 0 Å². The number of ether oxygens (including phenoxy) is 1. The molecule has 2 aromatic rings. The molecule has 0 aromatic carbocycles. The minimum absolute atomic E-state index is 0.220. The Morgan fingerprint density at radius 1 is 1.53 bits per heavy atom. The van der Waals surface area contributed by atoms with Crippen molar-refractivity contribution in [2.75, 3.05) is 13.2 Å². The topological polar surface area (TPSA) is 55.6 Å². The minimum atomic E-state index is -0.232. The molecule has 0 atom stereocenters. The second kappa shape index (κ2) is 5.45. The molecule has 5 nitrogen and oxygen atoms in total. The van der Waals surface area contributed by atoms with Gasteiger partial charge < -0.3 is 10.1 Å². The largest absolute Gasteiger partial charge is 0.465 e. The highest BCUT2D eigenvalue weighted by Gasteiger charge is 2.04. The third-order valence-corrected chi connectivity index (χ3v) is 2.40. The monoisotopic (exact) mass is 233 g/mol. The highest BCUT2D eigenvalue weighted by atomic mass is 16.5. The van der Waals surface area contributed by atoms with Crippen molar-refractivity contribution >= 4 is 11.5 Å². The van der Waals surface area contributed by atoms with E-state index in [0.29, 0.717) is 13.2 Å². The summed E-state index contributed by atoms with van der Waals surface area (Å²) in [4.78, 5) is 11.1. The van der Waals surface area contributed by atoms with Gasteiger partial charge in [0.1, 0.15) is 0 Å². The van der Waals surface area contributed by atoms with E-state index in [1.54, 1.807) is 17.6 Å². The van der Waals surface area contributed by atoms with E-state index in [1.165, 1.54) is 0 Å². The maximum Gasteiger partial charge on any atom is 0.319 e. The number of hydrogen-bond acceptors (Lipinski definition) is 4. The maximum atomic E-state index is 11.1. The fourth-order valence-corrected chi connectivity index (χ4v) is 1.63. The van der Waals surface area contributed by atoms with Gasteiger partial charge in [-0.2, -0.15) is 5.10 Å². The number of rotatable bonds is 5. The first-order valence-electron chi connectivity index (χ1n) is 5.59. The fraction of sp³-hybridized carbons (Fsp3) is 0.333. The first-order chi connectivity index (χ1) is 8.31. The number of aromatic nitrogens is 2. The van der Waals surface area contributed by atoms with E-state index < -0.39 is 0 Å². The van der Waals surface area contributed by atoms with Crippen molar-refractivity contribution in [3.63, 3.8) is 0 Å². The number of carbonyl (C=O) groups excluding carboxylic acids is 1. The Labute approximate surface area is 99.4 Å². The van der Waals surface area contributed by atoms with Crippen molar-refractivity contribution < 1.29 is 9.53 Å². The molecule has 0 aliphatic heterocycles. The Hall–Kier alpha value is -1.88. The van der Waals surface area contributed by atoms with Crippen LogP contribution in [0.4, 0.5) is 0 Å². The molecular weight excluding hydrogens is 218 g/mol. The summed E-state index contributed by atoms with van der Waals surface area (Å²) in [5, 5.41) is 7.25. The lowest BCUT2D eigenvalue weighted by Crippen LogP contribution is -2.24. The van der Waals surface area contributed by atoms with E-state index in [2.05, 4.69) is 10.4 Å². The molecule has 0 unspecified atom stereocenters. The lowest BCUT2D eigenvalue weighted by molar-refractivity contribution is -0.142. The predicted octanol–water partition coefficient (Wildman–Crippen LogP) is 0.987. The fourth-order valence-electron chi connectivity index (χ4n) is 1.63. The maximum absolute atomic E-state index is 11.1. The summed E-state index contributed by atoms with van der Waals surface area (Å²) in [7, 11) is 0. The summed E-state index contributed by atoms with van der Waals surface area (Å²) in [5.74, 6) is -0.232. The van der Waals surface area contributed by atoms with Crippen LogP contribution in [0.2, 0.25) is 0 Å². The third-order valence-electron chi connectivity index (χ3n) is 2.40. The summed E-state index contributed by atoms with van der Waals surface area (Å²) in [6, 6.07) is 5.88. The van der Waals surface area contributed by atoms with Crippen molar-refractivity contribution in [1.82, 2.24) is 14.9 Å². The third kappa shape index (κ3) is 2.82. The average Bonchev–Trinajstić information content (AvgIpc) is 2.73. The zero-order valence-electron chi connectivity index (χ0n) is 9.72. The molecule has 0 amide bonds. The van der Waals surface area contributed by atoms with Crippen molar-refractivity contribution in [3.05, 3.63) is 36.2 Å². The van der Waals surface area contributed by atoms with Crippen molar-refractivity contribution in [1.29, 1.82) is 0 Å². The second-order valence-electron chi connectivity index (χ2n) is 3.61. The van der Waals surface area contributed by atoms with Gasteiger partial charge in [-0.3, -0.25) is 4.79 Å². The van der Waals surface area contributed by atoms with Gasteiger partial charge in [-0.1, -0.05) is 6.07 Å². The Bertz CT molecular complexity index is 507. The first kappa shape index (κ1) is 11.6. The molecule has 2 rings (SSSR count).